The number of likely N-dealkylation sites (tertiary alicyclic amines) is 1. The Labute approximate surface area is 317 Å². The predicted molar refractivity (Wildman–Crippen MR) is 204 cm³/mol. The summed E-state index contributed by atoms with van der Waals surface area (Å²) in [5.41, 5.74) is 3.20. The van der Waals surface area contributed by atoms with E-state index in [4.69, 9.17) is 10.2 Å². The highest BCUT2D eigenvalue weighted by atomic mass is 127. The first kappa shape index (κ1) is 37.2. The Morgan fingerprint density at radius 2 is 1.63 bits per heavy atom. The van der Waals surface area contributed by atoms with Crippen molar-refractivity contribution >= 4 is 45.6 Å². The molecule has 2 amide bonds. The van der Waals surface area contributed by atoms with Crippen molar-refractivity contribution in [1.29, 1.82) is 5.26 Å². The van der Waals surface area contributed by atoms with E-state index in [1.807, 2.05) is 46.5 Å². The molecule has 274 valence electrons. The Morgan fingerprint density at radius 3 is 2.17 bits per heavy atom. The molecule has 5 aromatic heterocycles. The minimum Gasteiger partial charge on any atom is -0.344 e. The molecule has 15 heteroatoms. The van der Waals surface area contributed by atoms with Crippen LogP contribution >= 0.6 is 22.6 Å². The van der Waals surface area contributed by atoms with Gasteiger partial charge in [-0.2, -0.15) is 5.26 Å². The number of fused-ring (bicyclic) bond motifs is 1. The standard InChI is InChI=1S/C26H32N8O2.C8H12N2.C3H3IN2/c1-26(2,3)22(25(36)34-8-6-16(10-27)7-9-34)32-24(35)18-11-28-23-21(18)31-19(12-29-23)20-14-33(15-30-20)13-17-4-5-17;1-7-4-10(6-9-7)5-8-2-3-8;4-3-1-5-2-6-3/h11-12,14-17,22H,4-9,13H2,1-3H3,(H,28,29)(H,32,35);4,6,8H,2-3,5H2,1H3;1-2H,(H,5,6)/t22-;;/m0../s1. The Morgan fingerprint density at radius 1 is 0.962 bits per heavy atom. The van der Waals surface area contributed by atoms with Crippen molar-refractivity contribution < 1.29 is 9.59 Å². The molecule has 0 bridgehead atoms. The summed E-state index contributed by atoms with van der Waals surface area (Å²) in [6.45, 7) is 11.0. The summed E-state index contributed by atoms with van der Waals surface area (Å²) < 4.78 is 5.34. The number of hydrogen-bond donors (Lipinski definition) is 3. The molecular weight excluding hydrogens is 771 g/mol. The van der Waals surface area contributed by atoms with Gasteiger partial charge in [0.1, 0.15) is 22.9 Å². The normalized spacial score (nSPS) is 16.7. The lowest BCUT2D eigenvalue weighted by atomic mass is 9.85. The zero-order valence-corrected chi connectivity index (χ0v) is 32.4. The molecule has 0 aromatic carbocycles. The number of imidazole rings is 3. The number of rotatable bonds is 8. The van der Waals surface area contributed by atoms with Crippen LogP contribution in [0.15, 0.2) is 50.0 Å². The summed E-state index contributed by atoms with van der Waals surface area (Å²) in [6.07, 6.45) is 21.1. The van der Waals surface area contributed by atoms with Gasteiger partial charge in [0, 0.05) is 50.7 Å². The summed E-state index contributed by atoms with van der Waals surface area (Å²) >= 11 is 2.16. The van der Waals surface area contributed by atoms with Crippen LogP contribution in [0.5, 0.6) is 0 Å². The Bertz CT molecular complexity index is 1980. The SMILES string of the molecule is CC(C)(C)[C@@H](NC(=O)c1c[nH]c2ncc(-c3cn(CC4CC4)cn3)nc12)C(=O)N1CCC(C#N)CC1.Cc1cn(CC2CC2)cn1.Ic1cnc[nH]1. The molecule has 52 heavy (non-hydrogen) atoms. The summed E-state index contributed by atoms with van der Waals surface area (Å²) in [6, 6.07) is 1.57. The van der Waals surface area contributed by atoms with Crippen LogP contribution in [0.25, 0.3) is 22.6 Å². The fourth-order valence-electron chi connectivity index (χ4n) is 6.06. The molecule has 3 fully saturated rings. The smallest absolute Gasteiger partial charge is 0.255 e. The van der Waals surface area contributed by atoms with E-state index in [9.17, 15) is 9.59 Å². The lowest BCUT2D eigenvalue weighted by Crippen LogP contribution is -2.56. The molecule has 1 saturated heterocycles. The molecule has 8 rings (SSSR count). The topological polar surface area (TPSA) is 179 Å². The van der Waals surface area contributed by atoms with Crippen LogP contribution in [-0.2, 0) is 17.9 Å². The molecule has 3 aliphatic rings. The summed E-state index contributed by atoms with van der Waals surface area (Å²) in [5, 5.41) is 12.1. The second-order valence-electron chi connectivity index (χ2n) is 15.1. The molecule has 14 nitrogen and oxygen atoms in total. The molecule has 0 unspecified atom stereocenters. The van der Waals surface area contributed by atoms with Crippen molar-refractivity contribution in [3.63, 3.8) is 0 Å². The maximum absolute atomic E-state index is 13.4. The van der Waals surface area contributed by atoms with Crippen LogP contribution in [0, 0.1) is 45.1 Å². The minimum absolute atomic E-state index is 0.0178. The van der Waals surface area contributed by atoms with E-state index < -0.39 is 11.5 Å². The van der Waals surface area contributed by atoms with Gasteiger partial charge in [0.15, 0.2) is 5.65 Å². The summed E-state index contributed by atoms with van der Waals surface area (Å²) in [4.78, 5) is 56.0. The second kappa shape index (κ2) is 16.4. The highest BCUT2D eigenvalue weighted by Crippen LogP contribution is 2.32. The molecule has 1 aliphatic heterocycles. The zero-order chi connectivity index (χ0) is 36.8. The van der Waals surface area contributed by atoms with E-state index >= 15 is 0 Å². The molecule has 0 radical (unpaired) electrons. The monoisotopic (exact) mass is 818 g/mol. The largest absolute Gasteiger partial charge is 0.344 e. The van der Waals surface area contributed by atoms with Crippen molar-refractivity contribution in [2.45, 2.75) is 85.4 Å². The van der Waals surface area contributed by atoms with Crippen LogP contribution in [0.3, 0.4) is 0 Å². The number of halogens is 1. The number of hydrogen-bond acceptors (Lipinski definition) is 8. The third kappa shape index (κ3) is 10.0. The number of nitriles is 1. The van der Waals surface area contributed by atoms with Gasteiger partial charge in [-0.05, 0) is 85.3 Å². The van der Waals surface area contributed by atoms with Crippen molar-refractivity contribution in [3.05, 3.63) is 64.9 Å². The molecule has 2 aliphatic carbocycles. The van der Waals surface area contributed by atoms with E-state index in [-0.39, 0.29) is 17.7 Å². The number of aromatic amines is 2. The lowest BCUT2D eigenvalue weighted by molar-refractivity contribution is -0.137. The van der Waals surface area contributed by atoms with Gasteiger partial charge in [0.2, 0.25) is 5.91 Å². The fraction of sp³-hybridized carbons (Fsp3) is 0.514. The number of amides is 2. The van der Waals surface area contributed by atoms with Crippen molar-refractivity contribution in [2.75, 3.05) is 13.1 Å². The van der Waals surface area contributed by atoms with Crippen molar-refractivity contribution in [2.24, 2.45) is 23.2 Å². The maximum atomic E-state index is 13.4. The van der Waals surface area contributed by atoms with Gasteiger partial charge in [-0.15, -0.1) is 0 Å². The van der Waals surface area contributed by atoms with Crippen LogP contribution < -0.4 is 5.32 Å². The number of carbonyl (C=O) groups is 2. The van der Waals surface area contributed by atoms with Crippen LogP contribution in [0.2, 0.25) is 0 Å². The third-order valence-corrected chi connectivity index (χ3v) is 10.0. The number of aromatic nitrogens is 9. The molecule has 3 N–H and O–H groups in total. The van der Waals surface area contributed by atoms with Crippen molar-refractivity contribution in [1.82, 2.24) is 54.2 Å². The van der Waals surface area contributed by atoms with Gasteiger partial charge in [-0.25, -0.2) is 24.9 Å². The van der Waals surface area contributed by atoms with Crippen LogP contribution in [-0.4, -0.2) is 79.9 Å². The molecule has 1 atom stereocenters. The van der Waals surface area contributed by atoms with E-state index in [2.05, 4.69) is 79.2 Å². The first-order chi connectivity index (χ1) is 25.0. The first-order valence-corrected chi connectivity index (χ1v) is 19.0. The molecule has 5 aromatic rings. The third-order valence-electron chi connectivity index (χ3n) is 9.46. The number of nitrogens with one attached hydrogen (secondary N) is 3. The van der Waals surface area contributed by atoms with E-state index in [0.717, 1.165) is 27.8 Å². The Balaban J connectivity index is 0.000000236. The number of nitrogens with zero attached hydrogens (tertiary/aromatic N) is 9. The van der Waals surface area contributed by atoms with Gasteiger partial charge in [0.05, 0.1) is 52.4 Å². The second-order valence-corrected chi connectivity index (χ2v) is 16.3. The highest BCUT2D eigenvalue weighted by Gasteiger charge is 2.37. The first-order valence-electron chi connectivity index (χ1n) is 17.9. The average Bonchev–Trinajstić information content (AvgIpc) is 3.86. The summed E-state index contributed by atoms with van der Waals surface area (Å²) in [5.74, 6) is 1.16. The summed E-state index contributed by atoms with van der Waals surface area (Å²) in [7, 11) is 0. The number of aryl methyl sites for hydroxylation is 1. The Kier molecular flexibility index (Phi) is 11.7. The highest BCUT2D eigenvalue weighted by molar-refractivity contribution is 14.1. The van der Waals surface area contributed by atoms with Gasteiger partial charge in [0.25, 0.3) is 5.91 Å². The van der Waals surface area contributed by atoms with Crippen LogP contribution in [0.4, 0.5) is 0 Å². The van der Waals surface area contributed by atoms with E-state index in [1.54, 1.807) is 29.8 Å². The zero-order valence-electron chi connectivity index (χ0n) is 30.2. The molecule has 2 saturated carbocycles. The number of H-pyrrole nitrogens is 2. The van der Waals surface area contributed by atoms with Gasteiger partial charge >= 0.3 is 0 Å². The minimum atomic E-state index is -0.720. The van der Waals surface area contributed by atoms with Gasteiger partial charge in [-0.1, -0.05) is 20.8 Å². The number of piperidine rings is 1. The molecule has 6 heterocycles. The number of carbonyl (C=O) groups excluding carboxylic acids is 2. The maximum Gasteiger partial charge on any atom is 0.255 e. The van der Waals surface area contributed by atoms with E-state index in [0.29, 0.717) is 54.0 Å². The average molecular weight is 819 g/mol. The molecule has 0 spiro atoms. The lowest BCUT2D eigenvalue weighted by Gasteiger charge is -2.37. The van der Waals surface area contributed by atoms with Crippen LogP contribution in [0.1, 0.15) is 75.3 Å². The molecular formula is C37H47IN12O2. The fourth-order valence-corrected chi connectivity index (χ4v) is 6.36. The van der Waals surface area contributed by atoms with E-state index in [1.165, 1.54) is 32.2 Å². The van der Waals surface area contributed by atoms with Gasteiger partial charge < -0.3 is 29.3 Å². The predicted octanol–water partition coefficient (Wildman–Crippen LogP) is 5.75. The Hall–Kier alpha value is -4.59. The quantitative estimate of drug-likeness (QED) is 0.166. The van der Waals surface area contributed by atoms with Gasteiger partial charge in [-0.3, -0.25) is 9.59 Å². The van der Waals surface area contributed by atoms with Crippen molar-refractivity contribution in [3.8, 4) is 17.5 Å².